The van der Waals surface area contributed by atoms with Crippen molar-refractivity contribution in [1.29, 1.82) is 0 Å². The monoisotopic (exact) mass is 1290 g/mol. The maximum absolute atomic E-state index is 12.4. The number of ether oxygens (including phenoxy) is 3. The van der Waals surface area contributed by atoms with E-state index in [2.05, 4.69) is 96.4 Å². The summed E-state index contributed by atoms with van der Waals surface area (Å²) in [6, 6.07) is 26.6. The molecule has 2 saturated carbocycles. The number of rotatable bonds is 29. The molecule has 0 N–H and O–H groups in total. The molecule has 4 aromatic rings. The second kappa shape index (κ2) is 36.3. The molecule has 0 spiro atoms. The van der Waals surface area contributed by atoms with Gasteiger partial charge in [-0.25, -0.2) is 25.4 Å². The van der Waals surface area contributed by atoms with Gasteiger partial charge in [-0.15, -0.1) is 0 Å². The summed E-state index contributed by atoms with van der Waals surface area (Å²) in [7, 11) is -5.93. The highest BCUT2D eigenvalue weighted by Gasteiger charge is 2.38. The van der Waals surface area contributed by atoms with E-state index < -0.39 is 20.0 Å². The van der Waals surface area contributed by atoms with Crippen LogP contribution in [0.2, 0.25) is 0 Å². The van der Waals surface area contributed by atoms with Gasteiger partial charge in [-0.3, -0.25) is 19.8 Å². The number of benzene rings is 4. The smallest absolute Gasteiger partial charge is 0.320 e. The Morgan fingerprint density at radius 3 is 1.36 bits per heavy atom. The topological polar surface area (TPSA) is 206 Å². The maximum atomic E-state index is 12.4. The van der Waals surface area contributed by atoms with Crippen molar-refractivity contribution in [3.63, 3.8) is 0 Å². The Balaban J connectivity index is 0.000000211. The first kappa shape index (κ1) is 68.3. The third-order valence-corrected chi connectivity index (χ3v) is 28.4. The van der Waals surface area contributed by atoms with Gasteiger partial charge in [0, 0.05) is 93.6 Å². The maximum Gasteiger partial charge on any atom is 0.320 e. The molecule has 10 rings (SSSR count). The second-order valence-electron chi connectivity index (χ2n) is 23.2. The number of unbranched alkanes of at least 4 members (excludes halogenated alkanes) is 4. The number of hydrogen-bond acceptors (Lipinski definition) is 17. The highest BCUT2D eigenvalue weighted by atomic mass is 32.3. The summed E-state index contributed by atoms with van der Waals surface area (Å²) in [5.41, 5.74) is 0. The molecule has 474 valence electrons. The molecule has 4 saturated heterocycles. The quantitative estimate of drug-likeness (QED) is 0.0124. The minimum Gasteiger partial charge on any atom is -0.691 e. The molecule has 4 unspecified atom stereocenters. The molecular formula is C62H91N3O14S6. The van der Waals surface area contributed by atoms with E-state index in [0.29, 0.717) is 122 Å². The Bertz CT molecular complexity index is 2680. The molecule has 4 aliphatic heterocycles. The predicted octanol–water partition coefficient (Wildman–Crippen LogP) is 10.5. The van der Waals surface area contributed by atoms with Crippen LogP contribution >= 0.6 is 24.1 Å². The number of piperidine rings is 2. The SMILES string of the molecule is CCOC(=O)CN(CCCCCOc1ccc([S+]2CCCC2)c2ccccc12)CCCCCOc1ccc([S+]2CCCC2)c2ccccc12.O=S(=O)(CSOO[O-])N1CCC2CCCCC2C1.O=S(=O)(CSOO[O-])N1CCC2CCCCC2C1. The van der Waals surface area contributed by atoms with Crippen molar-refractivity contribution in [3.05, 3.63) is 72.8 Å². The average Bonchev–Trinajstić information content (AvgIpc) is 3.96. The lowest BCUT2D eigenvalue weighted by Crippen LogP contribution is -2.45. The Morgan fingerprint density at radius 1 is 0.541 bits per heavy atom. The van der Waals surface area contributed by atoms with Crippen molar-refractivity contribution in [2.75, 3.05) is 98.8 Å². The van der Waals surface area contributed by atoms with Crippen LogP contribution in [-0.2, 0) is 70.1 Å². The first-order valence-corrected chi connectivity index (χ1v) is 39.3. The fourth-order valence-electron chi connectivity index (χ4n) is 13.2. The highest BCUT2D eigenvalue weighted by Crippen LogP contribution is 2.40. The third kappa shape index (κ3) is 21.0. The van der Waals surface area contributed by atoms with Crippen LogP contribution in [0.25, 0.3) is 21.5 Å². The number of esters is 1. The van der Waals surface area contributed by atoms with Gasteiger partial charge < -0.3 is 24.7 Å². The van der Waals surface area contributed by atoms with E-state index in [0.717, 1.165) is 88.8 Å². The van der Waals surface area contributed by atoms with E-state index in [-0.39, 0.29) is 16.1 Å². The summed E-state index contributed by atoms with van der Waals surface area (Å²) in [5, 5.41) is 30.2. The van der Waals surface area contributed by atoms with E-state index in [1.807, 2.05) is 6.92 Å². The molecule has 2 aliphatic carbocycles. The Morgan fingerprint density at radius 2 is 0.953 bits per heavy atom. The van der Waals surface area contributed by atoms with Crippen molar-refractivity contribution in [3.8, 4) is 11.5 Å². The summed E-state index contributed by atoms with van der Waals surface area (Å²) in [5.74, 6) is 9.60. The summed E-state index contributed by atoms with van der Waals surface area (Å²) in [6.07, 6.45) is 23.2. The molecule has 4 heterocycles. The number of hydrogen-bond donors (Lipinski definition) is 0. The fraction of sp³-hybridized carbons (Fsp3) is 0.661. The van der Waals surface area contributed by atoms with Crippen LogP contribution < -0.4 is 20.0 Å². The lowest BCUT2D eigenvalue weighted by molar-refractivity contribution is -0.777. The van der Waals surface area contributed by atoms with E-state index in [1.54, 1.807) is 0 Å². The summed E-state index contributed by atoms with van der Waals surface area (Å²) >= 11 is 1.04. The lowest BCUT2D eigenvalue weighted by Gasteiger charge is -2.40. The van der Waals surface area contributed by atoms with E-state index in [1.165, 1.54) is 127 Å². The minimum absolute atomic E-state index is 0.128. The Labute approximate surface area is 520 Å². The molecule has 4 aromatic carbocycles. The molecule has 85 heavy (non-hydrogen) atoms. The van der Waals surface area contributed by atoms with Crippen LogP contribution in [0.15, 0.2) is 82.6 Å². The Hall–Kier alpha value is -2.59. The number of carbonyl (C=O) groups is 1. The molecule has 17 nitrogen and oxygen atoms in total. The summed E-state index contributed by atoms with van der Waals surface area (Å²) in [6.45, 7) is 8.29. The van der Waals surface area contributed by atoms with Gasteiger partial charge in [0.2, 0.25) is 20.0 Å². The fourth-order valence-corrected chi connectivity index (χ4v) is 22.4. The zero-order valence-corrected chi connectivity index (χ0v) is 54.6. The number of carbonyl (C=O) groups excluding carboxylic acids is 1. The van der Waals surface area contributed by atoms with Gasteiger partial charge in [-0.05, 0) is 170 Å². The molecule has 4 atom stereocenters. The average molecular weight is 1290 g/mol. The van der Waals surface area contributed by atoms with Gasteiger partial charge in [-0.2, -0.15) is 8.67 Å². The molecular weight excluding hydrogens is 1200 g/mol. The zero-order valence-electron chi connectivity index (χ0n) is 49.7. The predicted molar refractivity (Wildman–Crippen MR) is 339 cm³/mol. The molecule has 0 aromatic heterocycles. The van der Waals surface area contributed by atoms with E-state index in [4.69, 9.17) is 14.2 Å². The summed E-state index contributed by atoms with van der Waals surface area (Å²) < 4.78 is 77.1. The molecule has 6 fully saturated rings. The molecule has 0 bridgehead atoms. The van der Waals surface area contributed by atoms with E-state index in [9.17, 15) is 32.1 Å². The Kier molecular flexibility index (Phi) is 29.2. The molecule has 0 amide bonds. The van der Waals surface area contributed by atoms with Crippen LogP contribution in [-0.4, -0.2) is 135 Å². The van der Waals surface area contributed by atoms with Crippen LogP contribution in [0.5, 0.6) is 11.5 Å². The van der Waals surface area contributed by atoms with Gasteiger partial charge in [-0.1, -0.05) is 74.9 Å². The lowest BCUT2D eigenvalue weighted by atomic mass is 9.76. The first-order chi connectivity index (χ1) is 41.5. The number of sulfonamides is 2. The van der Waals surface area contributed by atoms with Gasteiger partial charge in [0.15, 0.2) is 9.79 Å². The molecule has 23 heteroatoms. The number of fused-ring (bicyclic) bond motifs is 4. The van der Waals surface area contributed by atoms with Crippen LogP contribution in [0.1, 0.15) is 135 Å². The van der Waals surface area contributed by atoms with Crippen LogP contribution in [0.3, 0.4) is 0 Å². The standard InChI is InChI=1S/C42H55NO4S2.2C10H19NO5S2/c1-2-45-42(44)33-43(25-9-3-11-27-46-38-21-23-40(48-29-13-14-30-48)36-19-7-5-17-34(36)38)26-10-4-12-28-47-39-22-24-41(49-31-15-16-32-49)37-20-8-6-18-35(37)39;2*12-15-16-17-8-18(13,14)11-6-5-9-3-1-2-4-10(9)7-11/h5-8,17-24H,2-4,9-16,25-33H2,1H3;2*9-10,12H,1-8H2/q+2;;/p-2. The van der Waals surface area contributed by atoms with Gasteiger partial charge in [0.1, 0.15) is 44.7 Å². The summed E-state index contributed by atoms with van der Waals surface area (Å²) in [4.78, 5) is 17.7. The van der Waals surface area contributed by atoms with Crippen molar-refractivity contribution in [1.82, 2.24) is 13.5 Å². The van der Waals surface area contributed by atoms with Crippen molar-refractivity contribution < 1.29 is 65.1 Å². The van der Waals surface area contributed by atoms with Gasteiger partial charge in [0.05, 0.1) is 26.4 Å². The normalized spacial score (nSPS) is 21.6. The van der Waals surface area contributed by atoms with Crippen LogP contribution in [0, 0.1) is 23.7 Å². The zero-order chi connectivity index (χ0) is 59.7. The third-order valence-electron chi connectivity index (χ3n) is 17.6. The number of nitrogens with zero attached hydrogens (tertiary/aromatic N) is 3. The van der Waals surface area contributed by atoms with Crippen LogP contribution in [0.4, 0.5) is 0 Å². The molecule has 0 radical (unpaired) electrons. The first-order valence-electron chi connectivity index (χ1n) is 31.1. The van der Waals surface area contributed by atoms with Crippen molar-refractivity contribution in [2.24, 2.45) is 23.7 Å². The highest BCUT2D eigenvalue weighted by molar-refractivity contribution is 8.09. The minimum atomic E-state index is -3.35. The van der Waals surface area contributed by atoms with Crippen molar-refractivity contribution >= 4 is 93.4 Å². The molecule has 6 aliphatic rings. The van der Waals surface area contributed by atoms with Gasteiger partial charge in [0.25, 0.3) is 0 Å². The van der Waals surface area contributed by atoms with E-state index >= 15 is 0 Å². The largest absolute Gasteiger partial charge is 0.691 e. The van der Waals surface area contributed by atoms with Gasteiger partial charge >= 0.3 is 5.97 Å². The second-order valence-corrected chi connectivity index (χ2v) is 33.7. The van der Waals surface area contributed by atoms with Crippen molar-refractivity contribution in [2.45, 2.75) is 145 Å².